The Morgan fingerprint density at radius 1 is 1.38 bits per heavy atom. The largest absolute Gasteiger partial charge is 0.372 e. The van der Waals surface area contributed by atoms with Crippen LogP contribution >= 0.6 is 11.8 Å². The number of amides is 1. The van der Waals surface area contributed by atoms with Crippen LogP contribution < -0.4 is 0 Å². The van der Waals surface area contributed by atoms with Crippen molar-refractivity contribution in [1.82, 2.24) is 4.90 Å². The van der Waals surface area contributed by atoms with E-state index < -0.39 is 4.92 Å². The molecule has 126 valence electrons. The standard InChI is InChI=1S/C16H17N3O4S/c1-10-8-18(9-11(2)23-10)16-17-15(20)14(24-16)7-12-4-3-5-13(6-12)19(21)22/h3-7,10-11H,8-9H2,1-2H3/b14-7+/t10-,11-/m1/s1. The van der Waals surface area contributed by atoms with E-state index in [2.05, 4.69) is 9.89 Å². The summed E-state index contributed by atoms with van der Waals surface area (Å²) in [7, 11) is 0. The molecule has 1 fully saturated rings. The van der Waals surface area contributed by atoms with Gasteiger partial charge in [0.15, 0.2) is 5.17 Å². The van der Waals surface area contributed by atoms with Crippen LogP contribution in [0.5, 0.6) is 0 Å². The summed E-state index contributed by atoms with van der Waals surface area (Å²) >= 11 is 1.30. The molecule has 2 aliphatic rings. The van der Waals surface area contributed by atoms with Gasteiger partial charge in [-0.25, -0.2) is 0 Å². The number of nitro groups is 1. The highest BCUT2D eigenvalue weighted by Gasteiger charge is 2.31. The number of nitrogens with zero attached hydrogens (tertiary/aromatic N) is 3. The number of rotatable bonds is 2. The van der Waals surface area contributed by atoms with Gasteiger partial charge in [-0.3, -0.25) is 14.9 Å². The number of hydrogen-bond donors (Lipinski definition) is 0. The number of thioether (sulfide) groups is 1. The van der Waals surface area contributed by atoms with Gasteiger partial charge < -0.3 is 9.64 Å². The summed E-state index contributed by atoms with van der Waals surface area (Å²) in [5.74, 6) is -0.312. The van der Waals surface area contributed by atoms with Crippen LogP contribution in [0.1, 0.15) is 19.4 Å². The van der Waals surface area contributed by atoms with Gasteiger partial charge in [0.25, 0.3) is 11.6 Å². The quantitative estimate of drug-likeness (QED) is 0.464. The Morgan fingerprint density at radius 2 is 2.08 bits per heavy atom. The van der Waals surface area contributed by atoms with Gasteiger partial charge in [0, 0.05) is 25.2 Å². The fraction of sp³-hybridized carbons (Fsp3) is 0.375. The molecular formula is C16H17N3O4S. The molecule has 0 saturated carbocycles. The highest BCUT2D eigenvalue weighted by molar-refractivity contribution is 8.18. The van der Waals surface area contributed by atoms with E-state index in [4.69, 9.17) is 4.74 Å². The number of ether oxygens (including phenoxy) is 1. The smallest absolute Gasteiger partial charge is 0.286 e. The van der Waals surface area contributed by atoms with Crippen molar-refractivity contribution < 1.29 is 14.5 Å². The van der Waals surface area contributed by atoms with Gasteiger partial charge in [0.1, 0.15) is 0 Å². The number of hydrogen-bond acceptors (Lipinski definition) is 6. The molecule has 0 aromatic heterocycles. The second-order valence-corrected chi connectivity index (χ2v) is 6.83. The zero-order valence-electron chi connectivity index (χ0n) is 13.3. The van der Waals surface area contributed by atoms with Gasteiger partial charge in [-0.05, 0) is 37.2 Å². The van der Waals surface area contributed by atoms with Crippen LogP contribution in [-0.2, 0) is 9.53 Å². The first-order chi connectivity index (χ1) is 11.4. The molecule has 0 unspecified atom stereocenters. The molecule has 2 aliphatic heterocycles. The number of amidine groups is 1. The predicted molar refractivity (Wildman–Crippen MR) is 92.7 cm³/mol. The molecule has 24 heavy (non-hydrogen) atoms. The molecule has 0 radical (unpaired) electrons. The van der Waals surface area contributed by atoms with Crippen molar-refractivity contribution in [2.24, 2.45) is 4.99 Å². The Kier molecular flexibility index (Phi) is 4.68. The van der Waals surface area contributed by atoms with Crippen molar-refractivity contribution in [3.05, 3.63) is 44.8 Å². The van der Waals surface area contributed by atoms with Gasteiger partial charge in [-0.2, -0.15) is 4.99 Å². The first kappa shape index (κ1) is 16.7. The Labute approximate surface area is 143 Å². The third-order valence-electron chi connectivity index (χ3n) is 3.68. The normalized spacial score (nSPS) is 25.9. The average molecular weight is 347 g/mol. The first-order valence-electron chi connectivity index (χ1n) is 7.60. The van der Waals surface area contributed by atoms with Crippen molar-refractivity contribution in [3.8, 4) is 0 Å². The molecule has 1 amide bonds. The lowest BCUT2D eigenvalue weighted by Crippen LogP contribution is -2.47. The number of morpholine rings is 1. The molecule has 2 atom stereocenters. The lowest BCUT2D eigenvalue weighted by Gasteiger charge is -2.35. The van der Waals surface area contributed by atoms with E-state index in [1.165, 1.54) is 23.9 Å². The SMILES string of the molecule is C[C@@H]1CN(C2=NC(=O)/C(=C\c3cccc([N+](=O)[O-])c3)S2)C[C@@H](C)O1. The van der Waals surface area contributed by atoms with Gasteiger partial charge in [0.2, 0.25) is 0 Å². The fourth-order valence-electron chi connectivity index (χ4n) is 2.75. The monoisotopic (exact) mass is 347 g/mol. The van der Waals surface area contributed by atoms with Crippen LogP contribution in [0.3, 0.4) is 0 Å². The lowest BCUT2D eigenvalue weighted by atomic mass is 10.2. The molecule has 2 heterocycles. The van der Waals surface area contributed by atoms with E-state index in [9.17, 15) is 14.9 Å². The second-order valence-electron chi connectivity index (χ2n) is 5.82. The molecule has 1 saturated heterocycles. The second kappa shape index (κ2) is 6.74. The van der Waals surface area contributed by atoms with Crippen molar-refractivity contribution in [3.63, 3.8) is 0 Å². The molecule has 0 spiro atoms. The van der Waals surface area contributed by atoms with Crippen molar-refractivity contribution in [1.29, 1.82) is 0 Å². The summed E-state index contributed by atoms with van der Waals surface area (Å²) in [6.45, 7) is 5.36. The van der Waals surface area contributed by atoms with E-state index in [-0.39, 0.29) is 23.8 Å². The zero-order chi connectivity index (χ0) is 17.3. The summed E-state index contributed by atoms with van der Waals surface area (Å²) in [5, 5.41) is 11.5. The van der Waals surface area contributed by atoms with E-state index in [1.54, 1.807) is 18.2 Å². The predicted octanol–water partition coefficient (Wildman–Crippen LogP) is 2.67. The maximum atomic E-state index is 12.1. The highest BCUT2D eigenvalue weighted by atomic mass is 32.2. The van der Waals surface area contributed by atoms with Crippen LogP contribution in [0.25, 0.3) is 6.08 Å². The number of carbonyl (C=O) groups excluding carboxylic acids is 1. The lowest BCUT2D eigenvalue weighted by molar-refractivity contribution is -0.384. The van der Waals surface area contributed by atoms with Crippen LogP contribution in [0, 0.1) is 10.1 Å². The van der Waals surface area contributed by atoms with Crippen LogP contribution in [0.15, 0.2) is 34.2 Å². The Bertz CT molecular complexity index is 737. The molecule has 1 aromatic carbocycles. The van der Waals surface area contributed by atoms with Gasteiger partial charge in [0.05, 0.1) is 22.0 Å². The van der Waals surface area contributed by atoms with Crippen LogP contribution in [-0.4, -0.2) is 46.2 Å². The summed E-state index contributed by atoms with van der Waals surface area (Å²) in [5.41, 5.74) is 0.608. The van der Waals surface area contributed by atoms with Gasteiger partial charge in [-0.15, -0.1) is 0 Å². The maximum absolute atomic E-state index is 12.1. The van der Waals surface area contributed by atoms with Crippen LogP contribution in [0.2, 0.25) is 0 Å². The Hall–Kier alpha value is -2.19. The third-order valence-corrected chi connectivity index (χ3v) is 4.72. The van der Waals surface area contributed by atoms with Crippen LogP contribution in [0.4, 0.5) is 5.69 Å². The minimum absolute atomic E-state index is 0.00299. The Morgan fingerprint density at radius 3 is 2.75 bits per heavy atom. The molecule has 0 aliphatic carbocycles. The van der Waals surface area contributed by atoms with Crippen molar-refractivity contribution >= 4 is 34.6 Å². The molecule has 0 bridgehead atoms. The number of benzene rings is 1. The molecule has 8 heteroatoms. The fourth-order valence-corrected chi connectivity index (χ4v) is 3.68. The van der Waals surface area contributed by atoms with E-state index in [0.29, 0.717) is 28.7 Å². The molecular weight excluding hydrogens is 330 g/mol. The Balaban J connectivity index is 1.77. The summed E-state index contributed by atoms with van der Waals surface area (Å²) in [4.78, 5) is 29.2. The summed E-state index contributed by atoms with van der Waals surface area (Å²) in [6.07, 6.45) is 1.80. The third kappa shape index (κ3) is 3.65. The molecule has 3 rings (SSSR count). The molecule has 1 aromatic rings. The minimum Gasteiger partial charge on any atom is -0.372 e. The van der Waals surface area contributed by atoms with Crippen molar-refractivity contribution in [2.75, 3.05) is 13.1 Å². The van der Waals surface area contributed by atoms with E-state index >= 15 is 0 Å². The first-order valence-corrected chi connectivity index (χ1v) is 8.41. The molecule has 7 nitrogen and oxygen atoms in total. The zero-order valence-corrected chi connectivity index (χ0v) is 14.2. The minimum atomic E-state index is -0.454. The van der Waals surface area contributed by atoms with Gasteiger partial charge in [-0.1, -0.05) is 12.1 Å². The number of non-ortho nitro benzene ring substituents is 1. The summed E-state index contributed by atoms with van der Waals surface area (Å²) < 4.78 is 5.69. The number of carbonyl (C=O) groups is 1. The molecule has 0 N–H and O–H groups in total. The average Bonchev–Trinajstić information content (AvgIpc) is 2.88. The van der Waals surface area contributed by atoms with E-state index in [1.807, 2.05) is 13.8 Å². The number of aliphatic imine (C=N–C) groups is 1. The maximum Gasteiger partial charge on any atom is 0.286 e. The highest BCUT2D eigenvalue weighted by Crippen LogP contribution is 2.32. The topological polar surface area (TPSA) is 85.0 Å². The van der Waals surface area contributed by atoms with E-state index in [0.717, 1.165) is 0 Å². The number of nitro benzene ring substituents is 1. The van der Waals surface area contributed by atoms with Crippen molar-refractivity contribution in [2.45, 2.75) is 26.1 Å². The van der Waals surface area contributed by atoms with Gasteiger partial charge >= 0.3 is 0 Å². The summed E-state index contributed by atoms with van der Waals surface area (Å²) in [6, 6.07) is 6.19.